The number of sulfonamides is 1. The number of benzene rings is 2. The highest BCUT2D eigenvalue weighted by molar-refractivity contribution is 7.89. The van der Waals surface area contributed by atoms with E-state index in [-0.39, 0.29) is 4.90 Å². The number of hydrogen-bond donors (Lipinski definition) is 2. The summed E-state index contributed by atoms with van der Waals surface area (Å²) in [5.74, 6) is 0. The normalized spacial score (nSPS) is 15.0. The molecule has 0 bridgehead atoms. The second kappa shape index (κ2) is 8.75. The van der Waals surface area contributed by atoms with E-state index < -0.39 is 15.6 Å². The Labute approximate surface area is 184 Å². The van der Waals surface area contributed by atoms with Crippen LogP contribution in [0.25, 0.3) is 11.0 Å². The first kappa shape index (κ1) is 21.4. The molecule has 0 saturated carbocycles. The van der Waals surface area contributed by atoms with Crippen molar-refractivity contribution in [1.82, 2.24) is 4.31 Å². The Kier molecular flexibility index (Phi) is 6.05. The minimum Gasteiger partial charge on any atom is -0.423 e. The van der Waals surface area contributed by atoms with Gasteiger partial charge in [-0.15, -0.1) is 0 Å². The molecule has 31 heavy (non-hydrogen) atoms. The minimum atomic E-state index is -3.54. The molecule has 1 fully saturated rings. The van der Waals surface area contributed by atoms with E-state index in [0.717, 1.165) is 10.9 Å². The van der Waals surface area contributed by atoms with Crippen LogP contribution in [0.1, 0.15) is 5.56 Å². The van der Waals surface area contributed by atoms with Crippen LogP contribution < -0.4 is 16.3 Å². The van der Waals surface area contributed by atoms with Crippen LogP contribution in [0.3, 0.4) is 0 Å². The third-order valence-corrected chi connectivity index (χ3v) is 7.05. The molecular formula is C21H21N3O5S2. The molecule has 2 heterocycles. The summed E-state index contributed by atoms with van der Waals surface area (Å²) >= 11 is 5.35. The first-order chi connectivity index (χ1) is 14.8. The third kappa shape index (κ3) is 4.77. The summed E-state index contributed by atoms with van der Waals surface area (Å²) in [7, 11) is -3.54. The van der Waals surface area contributed by atoms with E-state index in [1.165, 1.54) is 10.4 Å². The molecule has 3 aromatic rings. The molecule has 2 aromatic carbocycles. The van der Waals surface area contributed by atoms with Gasteiger partial charge in [-0.25, -0.2) is 13.2 Å². The minimum absolute atomic E-state index is 0.221. The molecule has 1 aliphatic rings. The highest BCUT2D eigenvalue weighted by atomic mass is 32.2. The summed E-state index contributed by atoms with van der Waals surface area (Å²) in [5, 5.41) is 7.22. The molecule has 4 rings (SSSR count). The van der Waals surface area contributed by atoms with Crippen molar-refractivity contribution in [2.24, 2.45) is 0 Å². The molecule has 2 N–H and O–H groups in total. The van der Waals surface area contributed by atoms with Crippen molar-refractivity contribution in [3.8, 4) is 0 Å². The number of aryl methyl sites for hydroxylation is 1. The lowest BCUT2D eigenvalue weighted by molar-refractivity contribution is 0.0730. The lowest BCUT2D eigenvalue weighted by Gasteiger charge is -2.26. The highest BCUT2D eigenvalue weighted by Gasteiger charge is 2.26. The number of ether oxygens (including phenoxy) is 1. The van der Waals surface area contributed by atoms with Crippen molar-refractivity contribution < 1.29 is 17.6 Å². The van der Waals surface area contributed by atoms with Crippen molar-refractivity contribution in [3.63, 3.8) is 0 Å². The van der Waals surface area contributed by atoms with Gasteiger partial charge in [0.15, 0.2) is 5.11 Å². The smallest absolute Gasteiger partial charge is 0.336 e. The van der Waals surface area contributed by atoms with Gasteiger partial charge in [0, 0.05) is 42.0 Å². The number of anilines is 2. The van der Waals surface area contributed by atoms with Crippen LogP contribution in [-0.2, 0) is 14.8 Å². The number of thiocarbonyl (C=S) groups is 1. The lowest BCUT2D eigenvalue weighted by atomic mass is 10.1. The van der Waals surface area contributed by atoms with Gasteiger partial charge >= 0.3 is 5.63 Å². The average molecular weight is 460 g/mol. The first-order valence-corrected chi connectivity index (χ1v) is 11.5. The summed E-state index contributed by atoms with van der Waals surface area (Å²) in [6.45, 7) is 3.35. The molecule has 0 atom stereocenters. The van der Waals surface area contributed by atoms with Crippen LogP contribution in [0.15, 0.2) is 62.6 Å². The van der Waals surface area contributed by atoms with Gasteiger partial charge in [0.1, 0.15) is 5.58 Å². The molecule has 0 spiro atoms. The summed E-state index contributed by atoms with van der Waals surface area (Å²) in [6, 6.07) is 13.2. The Balaban J connectivity index is 1.44. The molecule has 1 aliphatic heterocycles. The quantitative estimate of drug-likeness (QED) is 0.454. The average Bonchev–Trinajstić information content (AvgIpc) is 2.74. The van der Waals surface area contributed by atoms with E-state index in [4.69, 9.17) is 21.4 Å². The largest absolute Gasteiger partial charge is 0.423 e. The van der Waals surface area contributed by atoms with Gasteiger partial charge < -0.3 is 19.8 Å². The molecular weight excluding hydrogens is 438 g/mol. The van der Waals surface area contributed by atoms with Crippen molar-refractivity contribution in [3.05, 3.63) is 64.5 Å². The van der Waals surface area contributed by atoms with Crippen molar-refractivity contribution >= 4 is 49.7 Å². The van der Waals surface area contributed by atoms with Gasteiger partial charge in [0.05, 0.1) is 18.1 Å². The van der Waals surface area contributed by atoms with Crippen LogP contribution in [0, 0.1) is 6.92 Å². The molecule has 162 valence electrons. The van der Waals surface area contributed by atoms with E-state index in [9.17, 15) is 13.2 Å². The summed E-state index contributed by atoms with van der Waals surface area (Å²) in [6.07, 6.45) is 0. The molecule has 0 amide bonds. The second-order valence-electron chi connectivity index (χ2n) is 7.08. The Hall–Kier alpha value is -2.79. The van der Waals surface area contributed by atoms with Crippen molar-refractivity contribution in [1.29, 1.82) is 0 Å². The maximum atomic E-state index is 12.7. The number of nitrogens with one attached hydrogen (secondary N) is 2. The van der Waals surface area contributed by atoms with Crippen LogP contribution in [0.5, 0.6) is 0 Å². The third-order valence-electron chi connectivity index (χ3n) is 4.93. The van der Waals surface area contributed by atoms with Gasteiger partial charge in [-0.3, -0.25) is 0 Å². The van der Waals surface area contributed by atoms with Gasteiger partial charge in [-0.1, -0.05) is 0 Å². The predicted octanol–water partition coefficient (Wildman–Crippen LogP) is 2.93. The van der Waals surface area contributed by atoms with Gasteiger partial charge in [0.2, 0.25) is 10.0 Å². The maximum absolute atomic E-state index is 12.7. The zero-order valence-corrected chi connectivity index (χ0v) is 18.4. The fourth-order valence-corrected chi connectivity index (χ4v) is 4.99. The standard InChI is InChI=1S/C21H21N3O5S2/c1-14-12-20(25)29-19-13-16(4-7-18(14)19)23-21(30)22-15-2-5-17(6-3-15)31(26,27)24-8-10-28-11-9-24/h2-7,12-13H,8-11H2,1H3,(H2,22,23,30). The Morgan fingerprint density at radius 3 is 2.35 bits per heavy atom. The highest BCUT2D eigenvalue weighted by Crippen LogP contribution is 2.22. The van der Waals surface area contributed by atoms with E-state index in [1.54, 1.807) is 30.3 Å². The first-order valence-electron chi connectivity index (χ1n) is 9.63. The Morgan fingerprint density at radius 2 is 1.65 bits per heavy atom. The van der Waals surface area contributed by atoms with E-state index in [2.05, 4.69) is 10.6 Å². The topological polar surface area (TPSA) is 101 Å². The number of hydrogen-bond acceptors (Lipinski definition) is 6. The Morgan fingerprint density at radius 1 is 1.00 bits per heavy atom. The fourth-order valence-electron chi connectivity index (χ4n) is 3.34. The summed E-state index contributed by atoms with van der Waals surface area (Å²) in [4.78, 5) is 11.8. The molecule has 0 aliphatic carbocycles. The van der Waals surface area contributed by atoms with Crippen LogP contribution >= 0.6 is 12.2 Å². The van der Waals surface area contributed by atoms with Gasteiger partial charge in [-0.05, 0) is 61.1 Å². The number of rotatable bonds is 4. The van der Waals surface area contributed by atoms with E-state index >= 15 is 0 Å². The number of morpholine rings is 1. The van der Waals surface area contributed by atoms with E-state index in [0.29, 0.717) is 48.4 Å². The second-order valence-corrected chi connectivity index (χ2v) is 9.43. The SMILES string of the molecule is Cc1cc(=O)oc2cc(NC(=S)Nc3ccc(S(=O)(=O)N4CCOCC4)cc3)ccc12. The predicted molar refractivity (Wildman–Crippen MR) is 123 cm³/mol. The lowest BCUT2D eigenvalue weighted by Crippen LogP contribution is -2.40. The van der Waals surface area contributed by atoms with Crippen molar-refractivity contribution in [2.45, 2.75) is 11.8 Å². The van der Waals surface area contributed by atoms with Crippen molar-refractivity contribution in [2.75, 3.05) is 36.9 Å². The van der Waals surface area contributed by atoms with Crippen LogP contribution in [-0.4, -0.2) is 44.1 Å². The molecule has 1 aromatic heterocycles. The van der Waals surface area contributed by atoms with Crippen LogP contribution in [0.2, 0.25) is 0 Å². The number of nitrogens with zero attached hydrogens (tertiary/aromatic N) is 1. The zero-order chi connectivity index (χ0) is 22.0. The van der Waals surface area contributed by atoms with E-state index in [1.807, 2.05) is 19.1 Å². The van der Waals surface area contributed by atoms with Gasteiger partial charge in [0.25, 0.3) is 0 Å². The summed E-state index contributed by atoms with van der Waals surface area (Å²) in [5.41, 5.74) is 2.20. The fraction of sp³-hybridized carbons (Fsp3) is 0.238. The monoisotopic (exact) mass is 459 g/mol. The van der Waals surface area contributed by atoms with Crippen LogP contribution in [0.4, 0.5) is 11.4 Å². The molecule has 10 heteroatoms. The number of fused-ring (bicyclic) bond motifs is 1. The zero-order valence-electron chi connectivity index (χ0n) is 16.8. The molecule has 0 radical (unpaired) electrons. The Bertz CT molecular complexity index is 1280. The maximum Gasteiger partial charge on any atom is 0.336 e. The molecule has 1 saturated heterocycles. The molecule has 8 nitrogen and oxygen atoms in total. The molecule has 0 unspecified atom stereocenters. The van der Waals surface area contributed by atoms with Gasteiger partial charge in [-0.2, -0.15) is 4.31 Å². The summed E-state index contributed by atoms with van der Waals surface area (Å²) < 4.78 is 37.3.